The van der Waals surface area contributed by atoms with E-state index in [9.17, 15) is 0 Å². The lowest BCUT2D eigenvalue weighted by atomic mass is 9.94. The normalized spacial score (nSPS) is 21.7. The minimum atomic E-state index is 0.819. The van der Waals surface area contributed by atoms with E-state index in [0.29, 0.717) is 0 Å². The Bertz CT molecular complexity index is 420. The molecule has 2 heterocycles. The van der Waals surface area contributed by atoms with Crippen molar-refractivity contribution in [2.45, 2.75) is 19.3 Å². The van der Waals surface area contributed by atoms with Crippen LogP contribution in [-0.4, -0.2) is 50.7 Å². The molecule has 21 heavy (non-hydrogen) atoms. The maximum atomic E-state index is 5.96. The Labute approximate surface area is 133 Å². The molecule has 2 aliphatic heterocycles. The highest BCUT2D eigenvalue weighted by molar-refractivity contribution is 6.30. The zero-order valence-corrected chi connectivity index (χ0v) is 13.5. The molecule has 2 aliphatic rings. The molecule has 0 aliphatic carbocycles. The third-order valence-corrected chi connectivity index (χ3v) is 5.13. The summed E-state index contributed by atoms with van der Waals surface area (Å²) < 4.78 is 0. The Hall–Kier alpha value is -0.770. The van der Waals surface area contributed by atoms with E-state index in [2.05, 4.69) is 27.2 Å². The summed E-state index contributed by atoms with van der Waals surface area (Å²) in [6.07, 6.45) is 4.11. The summed E-state index contributed by atoms with van der Waals surface area (Å²) in [5, 5.41) is 4.27. The van der Waals surface area contributed by atoms with Crippen LogP contribution in [0.4, 0.5) is 5.69 Å². The van der Waals surface area contributed by atoms with Crippen LogP contribution >= 0.6 is 11.6 Å². The Balaban J connectivity index is 1.41. The van der Waals surface area contributed by atoms with Crippen LogP contribution < -0.4 is 10.2 Å². The lowest BCUT2D eigenvalue weighted by Crippen LogP contribution is -2.47. The molecule has 116 valence electrons. The summed E-state index contributed by atoms with van der Waals surface area (Å²) in [7, 11) is 0. The molecule has 0 bridgehead atoms. The maximum absolute atomic E-state index is 5.96. The molecular weight excluding hydrogens is 282 g/mol. The van der Waals surface area contributed by atoms with Gasteiger partial charge in [0.25, 0.3) is 0 Å². The largest absolute Gasteiger partial charge is 0.369 e. The topological polar surface area (TPSA) is 18.5 Å². The van der Waals surface area contributed by atoms with Crippen LogP contribution in [0.3, 0.4) is 0 Å². The Morgan fingerprint density at radius 2 is 1.67 bits per heavy atom. The first-order valence-electron chi connectivity index (χ1n) is 8.25. The molecule has 4 heteroatoms. The van der Waals surface area contributed by atoms with Crippen LogP contribution in [0.1, 0.15) is 19.3 Å². The van der Waals surface area contributed by atoms with Crippen molar-refractivity contribution in [3.8, 4) is 0 Å². The number of piperidine rings is 1. The highest BCUT2D eigenvalue weighted by Crippen LogP contribution is 2.20. The van der Waals surface area contributed by atoms with Gasteiger partial charge in [0, 0.05) is 36.9 Å². The number of hydrogen-bond acceptors (Lipinski definition) is 3. The van der Waals surface area contributed by atoms with Crippen LogP contribution in [0.15, 0.2) is 24.3 Å². The van der Waals surface area contributed by atoms with E-state index in [0.717, 1.165) is 24.0 Å². The van der Waals surface area contributed by atoms with E-state index in [4.69, 9.17) is 11.6 Å². The third kappa shape index (κ3) is 4.35. The van der Waals surface area contributed by atoms with Crippen LogP contribution in [-0.2, 0) is 0 Å². The third-order valence-electron chi connectivity index (χ3n) is 4.88. The number of nitrogens with one attached hydrogen (secondary N) is 1. The molecule has 0 radical (unpaired) electrons. The van der Waals surface area contributed by atoms with Crippen LogP contribution in [0, 0.1) is 5.92 Å². The van der Waals surface area contributed by atoms with Crippen LogP contribution in [0.25, 0.3) is 0 Å². The van der Waals surface area contributed by atoms with Gasteiger partial charge in [-0.15, -0.1) is 0 Å². The Morgan fingerprint density at radius 3 is 2.33 bits per heavy atom. The predicted molar refractivity (Wildman–Crippen MR) is 90.3 cm³/mol. The molecule has 0 saturated carbocycles. The first-order chi connectivity index (χ1) is 10.3. The van der Waals surface area contributed by atoms with Gasteiger partial charge in [-0.1, -0.05) is 11.6 Å². The molecule has 0 aromatic heterocycles. The predicted octanol–water partition coefficient (Wildman–Crippen LogP) is 2.85. The van der Waals surface area contributed by atoms with Gasteiger partial charge in [0.05, 0.1) is 0 Å². The lowest BCUT2D eigenvalue weighted by molar-refractivity contribution is 0.224. The number of benzene rings is 1. The SMILES string of the molecule is Clc1ccc(N2CCN(CCC3CCNCC3)CC2)cc1. The van der Waals surface area contributed by atoms with Crippen molar-refractivity contribution < 1.29 is 0 Å². The lowest BCUT2D eigenvalue weighted by Gasteiger charge is -2.37. The monoisotopic (exact) mass is 307 g/mol. The van der Waals surface area contributed by atoms with Crippen molar-refractivity contribution in [1.82, 2.24) is 10.2 Å². The summed E-state index contributed by atoms with van der Waals surface area (Å²) in [5.74, 6) is 0.945. The van der Waals surface area contributed by atoms with E-state index in [1.807, 2.05) is 12.1 Å². The fraction of sp³-hybridized carbons (Fsp3) is 0.647. The highest BCUT2D eigenvalue weighted by Gasteiger charge is 2.19. The highest BCUT2D eigenvalue weighted by atomic mass is 35.5. The van der Waals surface area contributed by atoms with Gasteiger partial charge >= 0.3 is 0 Å². The molecule has 2 fully saturated rings. The number of hydrogen-bond donors (Lipinski definition) is 1. The number of halogens is 1. The second kappa shape index (κ2) is 7.48. The smallest absolute Gasteiger partial charge is 0.0407 e. The van der Waals surface area contributed by atoms with Gasteiger partial charge in [-0.05, 0) is 69.1 Å². The number of nitrogens with zero attached hydrogens (tertiary/aromatic N) is 2. The van der Waals surface area contributed by atoms with Gasteiger partial charge in [-0.25, -0.2) is 0 Å². The first-order valence-corrected chi connectivity index (χ1v) is 8.62. The molecule has 1 aromatic rings. The molecule has 1 N–H and O–H groups in total. The average molecular weight is 308 g/mol. The first kappa shape index (κ1) is 15.1. The molecule has 1 aromatic carbocycles. The van der Waals surface area contributed by atoms with E-state index in [-0.39, 0.29) is 0 Å². The molecule has 2 saturated heterocycles. The second-order valence-electron chi connectivity index (χ2n) is 6.29. The van der Waals surface area contributed by atoms with Crippen molar-refractivity contribution in [3.63, 3.8) is 0 Å². The van der Waals surface area contributed by atoms with Crippen molar-refractivity contribution in [3.05, 3.63) is 29.3 Å². The summed E-state index contributed by atoms with van der Waals surface area (Å²) in [4.78, 5) is 5.10. The van der Waals surface area contributed by atoms with E-state index in [1.165, 1.54) is 57.7 Å². The van der Waals surface area contributed by atoms with Crippen molar-refractivity contribution >= 4 is 17.3 Å². The van der Waals surface area contributed by atoms with Gasteiger partial charge in [0.1, 0.15) is 0 Å². The fourth-order valence-electron chi connectivity index (χ4n) is 3.42. The van der Waals surface area contributed by atoms with E-state index in [1.54, 1.807) is 0 Å². The summed E-state index contributed by atoms with van der Waals surface area (Å²) in [6.45, 7) is 8.35. The van der Waals surface area contributed by atoms with Crippen LogP contribution in [0.5, 0.6) is 0 Å². The number of piperazine rings is 1. The standard InChI is InChI=1S/C17H26ClN3/c18-16-1-3-17(4-2-16)21-13-11-20(12-14-21)10-7-15-5-8-19-9-6-15/h1-4,15,19H,5-14H2. The quantitative estimate of drug-likeness (QED) is 0.923. The molecule has 0 amide bonds. The second-order valence-corrected chi connectivity index (χ2v) is 6.72. The van der Waals surface area contributed by atoms with Crippen molar-refractivity contribution in [2.75, 3.05) is 50.7 Å². The fourth-order valence-corrected chi connectivity index (χ4v) is 3.54. The van der Waals surface area contributed by atoms with E-state index < -0.39 is 0 Å². The average Bonchev–Trinajstić information content (AvgIpc) is 2.55. The molecule has 0 unspecified atom stereocenters. The van der Waals surface area contributed by atoms with E-state index >= 15 is 0 Å². The van der Waals surface area contributed by atoms with Crippen molar-refractivity contribution in [1.29, 1.82) is 0 Å². The number of rotatable bonds is 4. The maximum Gasteiger partial charge on any atom is 0.0407 e. The molecule has 0 atom stereocenters. The minimum absolute atomic E-state index is 0.819. The molecular formula is C17H26ClN3. The van der Waals surface area contributed by atoms with Gasteiger partial charge < -0.3 is 10.2 Å². The number of anilines is 1. The zero-order valence-electron chi connectivity index (χ0n) is 12.7. The molecule has 3 nitrogen and oxygen atoms in total. The Morgan fingerprint density at radius 1 is 1.00 bits per heavy atom. The summed E-state index contributed by atoms with van der Waals surface area (Å²) in [6, 6.07) is 8.24. The minimum Gasteiger partial charge on any atom is -0.369 e. The van der Waals surface area contributed by atoms with Gasteiger partial charge in [-0.3, -0.25) is 4.90 Å². The van der Waals surface area contributed by atoms with Crippen LogP contribution in [0.2, 0.25) is 5.02 Å². The Kier molecular flexibility index (Phi) is 5.39. The molecule has 3 rings (SSSR count). The van der Waals surface area contributed by atoms with Crippen molar-refractivity contribution in [2.24, 2.45) is 5.92 Å². The van der Waals surface area contributed by atoms with Gasteiger partial charge in [0.2, 0.25) is 0 Å². The van der Waals surface area contributed by atoms with Gasteiger partial charge in [0.15, 0.2) is 0 Å². The zero-order chi connectivity index (χ0) is 14.5. The summed E-state index contributed by atoms with van der Waals surface area (Å²) in [5.41, 5.74) is 1.30. The van der Waals surface area contributed by atoms with Gasteiger partial charge in [-0.2, -0.15) is 0 Å². The summed E-state index contributed by atoms with van der Waals surface area (Å²) >= 11 is 5.96. The molecule has 0 spiro atoms.